The molecule has 2 aliphatic carbocycles. The Morgan fingerprint density at radius 3 is 2.77 bits per heavy atom. The minimum Gasteiger partial charge on any atom is -0.493 e. The van der Waals surface area contributed by atoms with Crippen molar-refractivity contribution in [2.24, 2.45) is 5.92 Å². The smallest absolute Gasteiger partial charge is 0.261 e. The van der Waals surface area contributed by atoms with Crippen molar-refractivity contribution in [3.63, 3.8) is 0 Å². The van der Waals surface area contributed by atoms with E-state index in [1.807, 2.05) is 41.0 Å². The molecule has 1 fully saturated rings. The van der Waals surface area contributed by atoms with Gasteiger partial charge in [0, 0.05) is 24.3 Å². The second kappa shape index (κ2) is 10.7. The first-order valence-electron chi connectivity index (χ1n) is 14.4. The van der Waals surface area contributed by atoms with Crippen LogP contribution in [0.15, 0.2) is 65.0 Å². The van der Waals surface area contributed by atoms with Crippen LogP contribution in [-0.4, -0.2) is 16.2 Å². The van der Waals surface area contributed by atoms with E-state index in [-0.39, 0.29) is 11.5 Å². The number of benzene rings is 2. The third-order valence-corrected chi connectivity index (χ3v) is 8.36. The van der Waals surface area contributed by atoms with Crippen molar-refractivity contribution in [2.45, 2.75) is 71.1 Å². The Kier molecular flexibility index (Phi) is 6.95. The van der Waals surface area contributed by atoms with Crippen molar-refractivity contribution in [2.75, 3.05) is 6.61 Å². The Hall–Kier alpha value is -3.91. The molecule has 1 aliphatic heterocycles. The molecule has 1 aromatic heterocycles. The van der Waals surface area contributed by atoms with Crippen molar-refractivity contribution in [1.29, 1.82) is 5.26 Å². The van der Waals surface area contributed by atoms with Gasteiger partial charge in [0.2, 0.25) is 0 Å². The van der Waals surface area contributed by atoms with E-state index in [0.717, 1.165) is 84.6 Å². The summed E-state index contributed by atoms with van der Waals surface area (Å²) in [6, 6.07) is 16.3. The maximum Gasteiger partial charge on any atom is 0.261 e. The Morgan fingerprint density at radius 2 is 2.00 bits per heavy atom. The highest BCUT2D eigenvalue weighted by molar-refractivity contribution is 5.73. The van der Waals surface area contributed by atoms with Crippen LogP contribution in [0.5, 0.6) is 5.75 Å². The standard InChI is InChI=1S/C34H35N3O2/c1-3-4-9-31-30(20-24-12-13-25(18-22(24)2)29-8-6-5-7-27(29)21-35)34(38)37(33(36-31)23-10-11-23)28-14-15-32-26(19-28)16-17-39-32/h5-8,12-15,19,22-23H,3-4,9-11,16-18,20H2,1-2H3. The van der Waals surface area contributed by atoms with E-state index in [2.05, 4.69) is 38.1 Å². The number of unbranched alkanes of at least 4 members (excludes halogenated alkanes) is 1. The molecule has 1 atom stereocenters. The van der Waals surface area contributed by atoms with Crippen molar-refractivity contribution in [3.8, 4) is 17.5 Å². The zero-order valence-corrected chi connectivity index (χ0v) is 22.9. The minimum absolute atomic E-state index is 0.0783. The fourth-order valence-corrected chi connectivity index (χ4v) is 5.92. The molecular formula is C34H35N3O2. The number of aryl methyl sites for hydroxylation is 1. The van der Waals surface area contributed by atoms with E-state index in [1.165, 1.54) is 11.1 Å². The summed E-state index contributed by atoms with van der Waals surface area (Å²) >= 11 is 0. The predicted octanol–water partition coefficient (Wildman–Crippen LogP) is 6.85. The molecule has 0 saturated heterocycles. The van der Waals surface area contributed by atoms with E-state index < -0.39 is 0 Å². The van der Waals surface area contributed by atoms with Gasteiger partial charge in [-0.05, 0) is 79.0 Å². The SMILES string of the molecule is CCCCc1nc(C2CC2)n(-c2ccc3c(c2)CCO3)c(=O)c1CC1=CC=C(c2ccccc2C#N)CC1C. The first kappa shape index (κ1) is 25.4. The van der Waals surface area contributed by atoms with Crippen LogP contribution < -0.4 is 10.3 Å². The van der Waals surface area contributed by atoms with Crippen molar-refractivity contribution < 1.29 is 4.74 Å². The van der Waals surface area contributed by atoms with E-state index in [9.17, 15) is 10.1 Å². The molecule has 0 N–H and O–H groups in total. The molecule has 1 unspecified atom stereocenters. The van der Waals surface area contributed by atoms with Crippen molar-refractivity contribution >= 4 is 5.57 Å². The van der Waals surface area contributed by atoms with E-state index in [0.29, 0.717) is 24.5 Å². The van der Waals surface area contributed by atoms with Gasteiger partial charge in [0.05, 0.1) is 29.6 Å². The predicted molar refractivity (Wildman–Crippen MR) is 154 cm³/mol. The van der Waals surface area contributed by atoms with Gasteiger partial charge in [-0.2, -0.15) is 5.26 Å². The highest BCUT2D eigenvalue weighted by Crippen LogP contribution is 2.40. The van der Waals surface area contributed by atoms with E-state index in [4.69, 9.17) is 9.72 Å². The lowest BCUT2D eigenvalue weighted by Crippen LogP contribution is -2.30. The van der Waals surface area contributed by atoms with Gasteiger partial charge < -0.3 is 4.74 Å². The molecule has 3 aromatic rings. The van der Waals surface area contributed by atoms with Crippen LogP contribution in [0.25, 0.3) is 11.3 Å². The van der Waals surface area contributed by atoms with Crippen LogP contribution in [0, 0.1) is 17.2 Å². The van der Waals surface area contributed by atoms with E-state index >= 15 is 0 Å². The summed E-state index contributed by atoms with van der Waals surface area (Å²) in [6.07, 6.45) is 11.7. The van der Waals surface area contributed by atoms with Gasteiger partial charge in [-0.3, -0.25) is 9.36 Å². The Balaban J connectivity index is 1.43. The topological polar surface area (TPSA) is 67.9 Å². The van der Waals surface area contributed by atoms with Crippen LogP contribution in [0.1, 0.15) is 85.6 Å². The molecule has 5 nitrogen and oxygen atoms in total. The largest absolute Gasteiger partial charge is 0.493 e. The second-order valence-corrected chi connectivity index (χ2v) is 11.2. The summed E-state index contributed by atoms with van der Waals surface area (Å²) in [4.78, 5) is 19.6. The number of aromatic nitrogens is 2. The summed E-state index contributed by atoms with van der Waals surface area (Å²) in [5, 5.41) is 9.59. The lowest BCUT2D eigenvalue weighted by atomic mass is 9.82. The Morgan fingerprint density at radius 1 is 1.15 bits per heavy atom. The van der Waals surface area contributed by atoms with Gasteiger partial charge in [-0.15, -0.1) is 0 Å². The molecule has 198 valence electrons. The van der Waals surface area contributed by atoms with Crippen molar-refractivity contribution in [1.82, 2.24) is 9.55 Å². The van der Waals surface area contributed by atoms with Crippen LogP contribution in [0.4, 0.5) is 0 Å². The van der Waals surface area contributed by atoms with Gasteiger partial charge in [0.15, 0.2) is 0 Å². The normalized spacial score (nSPS) is 18.1. The van der Waals surface area contributed by atoms with Gasteiger partial charge in [-0.25, -0.2) is 4.98 Å². The second-order valence-electron chi connectivity index (χ2n) is 11.2. The zero-order valence-electron chi connectivity index (χ0n) is 22.9. The number of nitrogens with zero attached hydrogens (tertiary/aromatic N) is 3. The molecule has 0 bridgehead atoms. The molecule has 2 aromatic carbocycles. The molecule has 5 heteroatoms. The number of ether oxygens (including phenoxy) is 1. The first-order chi connectivity index (χ1) is 19.1. The first-order valence-corrected chi connectivity index (χ1v) is 14.4. The highest BCUT2D eigenvalue weighted by atomic mass is 16.5. The molecule has 6 rings (SSSR count). The van der Waals surface area contributed by atoms with Gasteiger partial charge in [0.25, 0.3) is 5.56 Å². The molecule has 3 aliphatic rings. The van der Waals surface area contributed by atoms with Crippen LogP contribution in [0.2, 0.25) is 0 Å². The van der Waals surface area contributed by atoms with Gasteiger partial charge >= 0.3 is 0 Å². The molecular weight excluding hydrogens is 482 g/mol. The van der Waals surface area contributed by atoms with Gasteiger partial charge in [-0.1, -0.05) is 56.2 Å². The number of hydrogen-bond donors (Lipinski definition) is 0. The molecule has 39 heavy (non-hydrogen) atoms. The van der Waals surface area contributed by atoms with Gasteiger partial charge in [0.1, 0.15) is 11.6 Å². The summed E-state index contributed by atoms with van der Waals surface area (Å²) in [6.45, 7) is 5.11. The fraction of sp³-hybridized carbons (Fsp3) is 0.382. The summed E-state index contributed by atoms with van der Waals surface area (Å²) in [5.74, 6) is 2.47. The maximum atomic E-state index is 14.4. The highest BCUT2D eigenvalue weighted by Gasteiger charge is 2.32. The number of hydrogen-bond acceptors (Lipinski definition) is 4. The lowest BCUT2D eigenvalue weighted by molar-refractivity contribution is 0.357. The number of allylic oxidation sites excluding steroid dienone is 4. The third-order valence-electron chi connectivity index (χ3n) is 8.36. The average Bonchev–Trinajstić information content (AvgIpc) is 3.70. The average molecular weight is 518 g/mol. The molecule has 0 spiro atoms. The van der Waals surface area contributed by atoms with Crippen LogP contribution >= 0.6 is 0 Å². The quantitative estimate of drug-likeness (QED) is 0.328. The number of fused-ring (bicyclic) bond motifs is 1. The monoisotopic (exact) mass is 517 g/mol. The summed E-state index contributed by atoms with van der Waals surface area (Å²) in [7, 11) is 0. The van der Waals surface area contributed by atoms with Crippen LogP contribution in [-0.2, 0) is 19.3 Å². The number of nitriles is 1. The minimum atomic E-state index is 0.0783. The maximum absolute atomic E-state index is 14.4. The molecule has 0 amide bonds. The molecule has 0 radical (unpaired) electrons. The molecule has 2 heterocycles. The number of rotatable bonds is 8. The summed E-state index contributed by atoms with van der Waals surface area (Å²) in [5.41, 5.74) is 8.09. The summed E-state index contributed by atoms with van der Waals surface area (Å²) < 4.78 is 7.63. The zero-order chi connectivity index (χ0) is 26.9. The fourth-order valence-electron chi connectivity index (χ4n) is 5.92. The third kappa shape index (κ3) is 4.96. The lowest BCUT2D eigenvalue weighted by Gasteiger charge is -2.24. The van der Waals surface area contributed by atoms with Crippen molar-refractivity contribution in [3.05, 3.63) is 104 Å². The van der Waals surface area contributed by atoms with Crippen LogP contribution in [0.3, 0.4) is 0 Å². The molecule has 1 saturated carbocycles. The Bertz CT molecular complexity index is 1580. The Labute approximate surface area is 230 Å². The van der Waals surface area contributed by atoms with E-state index in [1.54, 1.807) is 0 Å².